The zero-order valence-electron chi connectivity index (χ0n) is 14.9. The lowest BCUT2D eigenvalue weighted by Crippen LogP contribution is -2.14. The Balaban J connectivity index is 1.52. The van der Waals surface area contributed by atoms with Gasteiger partial charge < -0.3 is 19.2 Å². The second-order valence-corrected chi connectivity index (χ2v) is 6.15. The molecule has 0 saturated heterocycles. The number of ketones is 1. The summed E-state index contributed by atoms with van der Waals surface area (Å²) in [7, 11) is 0. The van der Waals surface area contributed by atoms with Crippen LogP contribution in [0.15, 0.2) is 67.1 Å². The van der Waals surface area contributed by atoms with Crippen LogP contribution in [0.2, 0.25) is 0 Å². The van der Waals surface area contributed by atoms with E-state index in [9.17, 15) is 9.59 Å². The fourth-order valence-electron chi connectivity index (χ4n) is 2.95. The second kappa shape index (κ2) is 7.44. The van der Waals surface area contributed by atoms with Crippen LogP contribution in [0, 0.1) is 0 Å². The quantitative estimate of drug-likeness (QED) is 0.402. The van der Waals surface area contributed by atoms with Gasteiger partial charge in [0.1, 0.15) is 18.1 Å². The van der Waals surface area contributed by atoms with Crippen molar-refractivity contribution >= 4 is 28.7 Å². The molecule has 0 unspecified atom stereocenters. The average Bonchev–Trinajstić information content (AvgIpc) is 3.26. The van der Waals surface area contributed by atoms with Crippen molar-refractivity contribution in [2.24, 2.45) is 0 Å². The lowest BCUT2D eigenvalue weighted by molar-refractivity contribution is -0.144. The Morgan fingerprint density at radius 2 is 2.07 bits per heavy atom. The molecule has 1 aliphatic heterocycles. The van der Waals surface area contributed by atoms with Gasteiger partial charge in [0, 0.05) is 28.7 Å². The third-order valence-electron chi connectivity index (χ3n) is 4.27. The summed E-state index contributed by atoms with van der Waals surface area (Å²) in [5, 5.41) is 1.00. The van der Waals surface area contributed by atoms with Crippen LogP contribution in [-0.2, 0) is 9.53 Å². The van der Waals surface area contributed by atoms with E-state index < -0.39 is 5.97 Å². The summed E-state index contributed by atoms with van der Waals surface area (Å²) in [5.41, 5.74) is 2.30. The highest BCUT2D eigenvalue weighted by Crippen LogP contribution is 2.35. The summed E-state index contributed by atoms with van der Waals surface area (Å²) in [6.07, 6.45) is 5.03. The fourth-order valence-corrected chi connectivity index (χ4v) is 2.95. The molecule has 0 saturated carbocycles. The number of aromatic nitrogens is 1. The number of fused-ring (bicyclic) bond motifs is 2. The van der Waals surface area contributed by atoms with Gasteiger partial charge in [-0.15, -0.1) is 0 Å². The van der Waals surface area contributed by atoms with Crippen molar-refractivity contribution in [3.8, 4) is 11.5 Å². The Morgan fingerprint density at radius 1 is 1.21 bits per heavy atom. The van der Waals surface area contributed by atoms with Crippen LogP contribution in [-0.4, -0.2) is 30.0 Å². The second-order valence-electron chi connectivity index (χ2n) is 6.15. The van der Waals surface area contributed by atoms with Crippen molar-refractivity contribution in [1.82, 2.24) is 4.98 Å². The number of esters is 1. The van der Waals surface area contributed by atoms with E-state index in [4.69, 9.17) is 14.2 Å². The van der Waals surface area contributed by atoms with Crippen LogP contribution >= 0.6 is 0 Å². The molecule has 1 N–H and O–H groups in total. The molecule has 140 valence electrons. The van der Waals surface area contributed by atoms with Crippen LogP contribution in [0.3, 0.4) is 0 Å². The van der Waals surface area contributed by atoms with Crippen molar-refractivity contribution in [3.05, 3.63) is 78.2 Å². The Bertz CT molecular complexity index is 1110. The number of allylic oxidation sites excluding steroid dienone is 1. The van der Waals surface area contributed by atoms with E-state index in [0.717, 1.165) is 16.5 Å². The number of carbonyl (C=O) groups is 2. The molecule has 0 bridgehead atoms. The summed E-state index contributed by atoms with van der Waals surface area (Å²) in [5.74, 6) is 0.348. The topological polar surface area (TPSA) is 77.6 Å². The van der Waals surface area contributed by atoms with E-state index in [-0.39, 0.29) is 24.8 Å². The SMILES string of the molecule is C=CCOC(=O)COc1ccc2c(c1)OC(=Cc1c[nH]c3ccccc13)C2=O. The molecule has 4 rings (SSSR count). The highest BCUT2D eigenvalue weighted by molar-refractivity contribution is 6.15. The number of ether oxygens (including phenoxy) is 3. The van der Waals surface area contributed by atoms with E-state index in [1.165, 1.54) is 6.08 Å². The van der Waals surface area contributed by atoms with Crippen molar-refractivity contribution in [2.75, 3.05) is 13.2 Å². The first kappa shape index (κ1) is 17.6. The van der Waals surface area contributed by atoms with Crippen LogP contribution in [0.5, 0.6) is 11.5 Å². The van der Waals surface area contributed by atoms with Gasteiger partial charge in [0.25, 0.3) is 0 Å². The largest absolute Gasteiger partial charge is 0.482 e. The summed E-state index contributed by atoms with van der Waals surface area (Å²) in [6.45, 7) is 3.37. The van der Waals surface area contributed by atoms with Crippen LogP contribution in [0.1, 0.15) is 15.9 Å². The molecule has 1 aliphatic rings. The van der Waals surface area contributed by atoms with Gasteiger partial charge >= 0.3 is 5.97 Å². The highest BCUT2D eigenvalue weighted by Gasteiger charge is 2.28. The first-order chi connectivity index (χ1) is 13.7. The zero-order chi connectivity index (χ0) is 19.5. The lowest BCUT2D eigenvalue weighted by Gasteiger charge is -2.06. The van der Waals surface area contributed by atoms with Crippen LogP contribution < -0.4 is 9.47 Å². The van der Waals surface area contributed by atoms with Gasteiger partial charge in [-0.05, 0) is 24.3 Å². The minimum Gasteiger partial charge on any atom is -0.482 e. The van der Waals surface area contributed by atoms with Gasteiger partial charge in [0.05, 0.1) is 5.56 Å². The molecule has 0 aliphatic carbocycles. The normalized spacial score (nSPS) is 14.0. The van der Waals surface area contributed by atoms with Crippen molar-refractivity contribution in [3.63, 3.8) is 0 Å². The van der Waals surface area contributed by atoms with Gasteiger partial charge in [0.15, 0.2) is 12.4 Å². The summed E-state index contributed by atoms with van der Waals surface area (Å²) < 4.78 is 16.0. The van der Waals surface area contributed by atoms with E-state index >= 15 is 0 Å². The number of para-hydroxylation sites is 1. The van der Waals surface area contributed by atoms with E-state index in [0.29, 0.717) is 17.1 Å². The van der Waals surface area contributed by atoms with Gasteiger partial charge in [-0.1, -0.05) is 30.9 Å². The standard InChI is InChI=1S/C22H17NO5/c1-2-9-26-21(24)13-27-15-7-8-17-19(11-15)28-20(22(17)25)10-14-12-23-18-6-4-3-5-16(14)18/h2-8,10-12,23H,1,9,13H2. The number of aromatic amines is 1. The third-order valence-corrected chi connectivity index (χ3v) is 4.27. The van der Waals surface area contributed by atoms with E-state index in [1.54, 1.807) is 24.3 Å². The molecule has 0 amide bonds. The van der Waals surface area contributed by atoms with Crippen LogP contribution in [0.25, 0.3) is 17.0 Å². The minimum atomic E-state index is -0.502. The van der Waals surface area contributed by atoms with Crippen molar-refractivity contribution in [2.45, 2.75) is 0 Å². The molecule has 2 heterocycles. The van der Waals surface area contributed by atoms with Gasteiger partial charge in [-0.3, -0.25) is 4.79 Å². The number of hydrogen-bond donors (Lipinski definition) is 1. The summed E-state index contributed by atoms with van der Waals surface area (Å²) in [6, 6.07) is 12.7. The minimum absolute atomic E-state index is 0.131. The number of nitrogens with one attached hydrogen (secondary N) is 1. The predicted molar refractivity (Wildman–Crippen MR) is 104 cm³/mol. The maximum atomic E-state index is 12.6. The number of rotatable bonds is 6. The Morgan fingerprint density at radius 3 is 2.93 bits per heavy atom. The number of hydrogen-bond acceptors (Lipinski definition) is 5. The molecule has 3 aromatic rings. The first-order valence-electron chi connectivity index (χ1n) is 8.69. The smallest absolute Gasteiger partial charge is 0.344 e. The molecule has 6 nitrogen and oxygen atoms in total. The molecule has 0 fully saturated rings. The summed E-state index contributed by atoms with van der Waals surface area (Å²) in [4.78, 5) is 27.3. The molecule has 6 heteroatoms. The lowest BCUT2D eigenvalue weighted by atomic mass is 10.1. The monoisotopic (exact) mass is 375 g/mol. The third kappa shape index (κ3) is 3.40. The van der Waals surface area contributed by atoms with Crippen molar-refractivity contribution < 1.29 is 23.8 Å². The summed E-state index contributed by atoms with van der Waals surface area (Å²) >= 11 is 0. The number of carbonyl (C=O) groups excluding carboxylic acids is 2. The van der Waals surface area contributed by atoms with Crippen LogP contribution in [0.4, 0.5) is 0 Å². The van der Waals surface area contributed by atoms with Gasteiger partial charge in [0.2, 0.25) is 5.78 Å². The van der Waals surface area contributed by atoms with E-state index in [1.807, 2.05) is 30.5 Å². The molecule has 1 aromatic heterocycles. The molecule has 0 radical (unpaired) electrons. The molecule has 0 atom stereocenters. The first-order valence-corrected chi connectivity index (χ1v) is 8.69. The Labute approximate surface area is 161 Å². The number of H-pyrrole nitrogens is 1. The maximum Gasteiger partial charge on any atom is 0.344 e. The Hall–Kier alpha value is -3.80. The fraction of sp³-hybridized carbons (Fsp3) is 0.0909. The maximum absolute atomic E-state index is 12.6. The van der Waals surface area contributed by atoms with Crippen molar-refractivity contribution in [1.29, 1.82) is 0 Å². The highest BCUT2D eigenvalue weighted by atomic mass is 16.6. The number of benzene rings is 2. The molecule has 0 spiro atoms. The van der Waals surface area contributed by atoms with E-state index in [2.05, 4.69) is 11.6 Å². The molecular formula is C22H17NO5. The zero-order valence-corrected chi connectivity index (χ0v) is 14.9. The molecular weight excluding hydrogens is 358 g/mol. The molecule has 2 aromatic carbocycles. The van der Waals surface area contributed by atoms with Gasteiger partial charge in [-0.25, -0.2) is 4.79 Å². The molecule has 28 heavy (non-hydrogen) atoms. The number of Topliss-reactive ketones (excluding diaryl/α,β-unsaturated/α-hetero) is 1. The Kier molecular flexibility index (Phi) is 4.68. The predicted octanol–water partition coefficient (Wildman–Crippen LogP) is 3.89. The van der Waals surface area contributed by atoms with Gasteiger partial charge in [-0.2, -0.15) is 0 Å². The average molecular weight is 375 g/mol.